The Bertz CT molecular complexity index is 712. The average molecular weight is 362 g/mol. The molecule has 0 atom stereocenters. The molecular formula is C19H26N2O5. The smallest absolute Gasteiger partial charge is 0.226 e. The molecule has 7 nitrogen and oxygen atoms in total. The number of aromatic nitrogens is 1. The van der Waals surface area contributed by atoms with Crippen LogP contribution in [0.15, 0.2) is 28.8 Å². The molecule has 0 spiro atoms. The van der Waals surface area contributed by atoms with E-state index in [0.717, 1.165) is 12.0 Å². The monoisotopic (exact) mass is 362 g/mol. The van der Waals surface area contributed by atoms with Gasteiger partial charge in [-0.25, -0.2) is 0 Å². The fraction of sp³-hybridized carbons (Fsp3) is 0.474. The lowest BCUT2D eigenvalue weighted by molar-refractivity contribution is -0.120. The number of methoxy groups -OCH3 is 2. The molecule has 7 heteroatoms. The van der Waals surface area contributed by atoms with Gasteiger partial charge in [-0.3, -0.25) is 4.79 Å². The van der Waals surface area contributed by atoms with E-state index in [1.54, 1.807) is 32.4 Å². The van der Waals surface area contributed by atoms with Gasteiger partial charge < -0.3 is 24.1 Å². The third-order valence-electron chi connectivity index (χ3n) is 3.66. The predicted molar refractivity (Wildman–Crippen MR) is 97.5 cm³/mol. The maximum atomic E-state index is 12.0. The van der Waals surface area contributed by atoms with Gasteiger partial charge in [0.15, 0.2) is 17.3 Å². The van der Waals surface area contributed by atoms with Crippen molar-refractivity contribution < 1.29 is 23.5 Å². The number of carbonyl (C=O) groups is 1. The molecule has 2 aromatic rings. The second-order valence-electron chi connectivity index (χ2n) is 6.05. The van der Waals surface area contributed by atoms with Crippen molar-refractivity contribution in [2.24, 2.45) is 0 Å². The van der Waals surface area contributed by atoms with Crippen LogP contribution in [-0.2, 0) is 16.0 Å². The topological polar surface area (TPSA) is 82.8 Å². The number of benzene rings is 1. The van der Waals surface area contributed by atoms with E-state index < -0.39 is 0 Å². The highest BCUT2D eigenvalue weighted by Gasteiger charge is 2.13. The van der Waals surface area contributed by atoms with Crippen LogP contribution < -0.4 is 14.8 Å². The largest absolute Gasteiger partial charge is 0.493 e. The zero-order chi connectivity index (χ0) is 18.9. The minimum atomic E-state index is -0.0956. The van der Waals surface area contributed by atoms with E-state index in [4.69, 9.17) is 18.7 Å². The van der Waals surface area contributed by atoms with Crippen LogP contribution in [0.4, 0.5) is 0 Å². The summed E-state index contributed by atoms with van der Waals surface area (Å²) in [6.07, 6.45) is 1.15. The number of hydrogen-bond donors (Lipinski definition) is 1. The van der Waals surface area contributed by atoms with Gasteiger partial charge in [0.2, 0.25) is 5.91 Å². The molecule has 0 saturated heterocycles. The molecule has 1 heterocycles. The first-order valence-electron chi connectivity index (χ1n) is 8.59. The van der Waals surface area contributed by atoms with Crippen LogP contribution in [0.5, 0.6) is 11.5 Å². The van der Waals surface area contributed by atoms with Crippen LogP contribution in [0.3, 0.4) is 0 Å². The molecule has 0 aliphatic rings. The maximum Gasteiger partial charge on any atom is 0.226 e. The van der Waals surface area contributed by atoms with E-state index in [-0.39, 0.29) is 18.4 Å². The first-order valence-corrected chi connectivity index (χ1v) is 8.59. The highest BCUT2D eigenvalue weighted by Crippen LogP contribution is 2.32. The summed E-state index contributed by atoms with van der Waals surface area (Å²) in [7, 11) is 3.15. The molecule has 1 N–H and O–H groups in total. The van der Waals surface area contributed by atoms with E-state index >= 15 is 0 Å². The van der Waals surface area contributed by atoms with Crippen molar-refractivity contribution >= 4 is 5.91 Å². The van der Waals surface area contributed by atoms with Gasteiger partial charge in [-0.15, -0.1) is 0 Å². The fourth-order valence-electron chi connectivity index (χ4n) is 2.37. The molecule has 1 amide bonds. The quantitative estimate of drug-likeness (QED) is 0.655. The van der Waals surface area contributed by atoms with Crippen molar-refractivity contribution in [1.82, 2.24) is 10.5 Å². The number of nitrogens with one attached hydrogen (secondary N) is 1. The Hall–Kier alpha value is -2.54. The predicted octanol–water partition coefficient (Wildman–Crippen LogP) is 2.83. The van der Waals surface area contributed by atoms with E-state index in [9.17, 15) is 4.79 Å². The van der Waals surface area contributed by atoms with Crippen molar-refractivity contribution in [2.45, 2.75) is 32.8 Å². The molecule has 0 aliphatic carbocycles. The molecule has 1 aromatic heterocycles. The number of amides is 1. The number of carbonyl (C=O) groups excluding carboxylic acids is 1. The summed E-state index contributed by atoms with van der Waals surface area (Å²) in [6.45, 7) is 5.18. The van der Waals surface area contributed by atoms with Gasteiger partial charge in [-0.2, -0.15) is 0 Å². The molecule has 0 aliphatic heterocycles. The van der Waals surface area contributed by atoms with Crippen molar-refractivity contribution in [2.75, 3.05) is 27.4 Å². The molecule has 0 unspecified atom stereocenters. The summed E-state index contributed by atoms with van der Waals surface area (Å²) in [5, 5.41) is 6.82. The van der Waals surface area contributed by atoms with Gasteiger partial charge in [0.05, 0.1) is 32.4 Å². The molecule has 26 heavy (non-hydrogen) atoms. The van der Waals surface area contributed by atoms with Gasteiger partial charge in [0, 0.05) is 24.8 Å². The lowest BCUT2D eigenvalue weighted by atomic mass is 10.1. The van der Waals surface area contributed by atoms with E-state index in [2.05, 4.69) is 10.5 Å². The normalized spacial score (nSPS) is 10.8. The van der Waals surface area contributed by atoms with Gasteiger partial charge in [0.1, 0.15) is 0 Å². The Balaban J connectivity index is 1.88. The lowest BCUT2D eigenvalue weighted by Crippen LogP contribution is -2.27. The Morgan fingerprint density at radius 2 is 1.96 bits per heavy atom. The first kappa shape index (κ1) is 19.8. The molecular weight excluding hydrogens is 336 g/mol. The van der Waals surface area contributed by atoms with Crippen LogP contribution in [0.1, 0.15) is 26.0 Å². The first-order chi connectivity index (χ1) is 12.5. The fourth-order valence-corrected chi connectivity index (χ4v) is 2.37. The third kappa shape index (κ3) is 5.77. The van der Waals surface area contributed by atoms with Crippen LogP contribution in [0, 0.1) is 0 Å². The minimum absolute atomic E-state index is 0.0956. The SMILES string of the molecule is COc1ccc(-c2cc(CC(=O)NCCCOC(C)C)no2)cc1OC. The lowest BCUT2D eigenvalue weighted by Gasteiger charge is -2.08. The Labute approximate surface area is 153 Å². The standard InChI is InChI=1S/C19H26N2O5/c1-13(2)25-9-5-8-20-19(22)12-15-11-17(26-21-15)14-6-7-16(23-3)18(10-14)24-4/h6-7,10-11,13H,5,8-9,12H2,1-4H3,(H,20,22). The van der Waals surface area contributed by atoms with Crippen LogP contribution in [0.25, 0.3) is 11.3 Å². The number of ether oxygens (including phenoxy) is 3. The Kier molecular flexibility index (Phi) is 7.47. The zero-order valence-electron chi connectivity index (χ0n) is 15.7. The second-order valence-corrected chi connectivity index (χ2v) is 6.05. The van der Waals surface area contributed by atoms with Crippen LogP contribution in [0.2, 0.25) is 0 Å². The Morgan fingerprint density at radius 3 is 2.65 bits per heavy atom. The molecule has 0 radical (unpaired) electrons. The average Bonchev–Trinajstić information content (AvgIpc) is 3.08. The van der Waals surface area contributed by atoms with Crippen molar-refractivity contribution in [3.63, 3.8) is 0 Å². The van der Waals surface area contributed by atoms with Gasteiger partial charge in [-0.1, -0.05) is 5.16 Å². The summed E-state index contributed by atoms with van der Waals surface area (Å²) < 4.78 is 21.3. The summed E-state index contributed by atoms with van der Waals surface area (Å²) in [6, 6.07) is 7.20. The molecule has 2 rings (SSSR count). The third-order valence-corrected chi connectivity index (χ3v) is 3.66. The second kappa shape index (κ2) is 9.82. The van der Waals surface area contributed by atoms with E-state index in [1.807, 2.05) is 19.9 Å². The molecule has 0 bridgehead atoms. The van der Waals surface area contributed by atoms with Gasteiger partial charge in [-0.05, 0) is 38.5 Å². The van der Waals surface area contributed by atoms with Gasteiger partial charge >= 0.3 is 0 Å². The molecule has 0 fully saturated rings. The van der Waals surface area contributed by atoms with Crippen LogP contribution in [-0.4, -0.2) is 44.5 Å². The summed E-state index contributed by atoms with van der Waals surface area (Å²) in [5.41, 5.74) is 1.37. The van der Waals surface area contributed by atoms with Crippen molar-refractivity contribution in [3.05, 3.63) is 30.0 Å². The molecule has 1 aromatic carbocycles. The van der Waals surface area contributed by atoms with E-state index in [1.165, 1.54) is 0 Å². The molecule has 142 valence electrons. The maximum absolute atomic E-state index is 12.0. The number of nitrogens with zero attached hydrogens (tertiary/aromatic N) is 1. The highest BCUT2D eigenvalue weighted by molar-refractivity contribution is 5.78. The summed E-state index contributed by atoms with van der Waals surface area (Å²) in [4.78, 5) is 12.0. The van der Waals surface area contributed by atoms with Crippen LogP contribution >= 0.6 is 0 Å². The number of rotatable bonds is 10. The van der Waals surface area contributed by atoms with Gasteiger partial charge in [0.25, 0.3) is 0 Å². The van der Waals surface area contributed by atoms with Crippen molar-refractivity contribution in [1.29, 1.82) is 0 Å². The molecule has 0 saturated carbocycles. The summed E-state index contributed by atoms with van der Waals surface area (Å²) in [5.74, 6) is 1.71. The zero-order valence-corrected chi connectivity index (χ0v) is 15.7. The number of hydrogen-bond acceptors (Lipinski definition) is 6. The van der Waals surface area contributed by atoms with Crippen molar-refractivity contribution in [3.8, 4) is 22.8 Å². The minimum Gasteiger partial charge on any atom is -0.493 e. The Morgan fingerprint density at radius 1 is 1.19 bits per heavy atom. The summed E-state index contributed by atoms with van der Waals surface area (Å²) >= 11 is 0. The van der Waals surface area contributed by atoms with E-state index in [0.29, 0.717) is 36.1 Å². The highest BCUT2D eigenvalue weighted by atomic mass is 16.5.